The van der Waals surface area contributed by atoms with Crippen molar-refractivity contribution in [2.24, 2.45) is 0 Å². The zero-order valence-corrected chi connectivity index (χ0v) is 20.3. The fourth-order valence-electron chi connectivity index (χ4n) is 4.47. The van der Waals surface area contributed by atoms with Crippen molar-refractivity contribution < 1.29 is 44.7 Å². The Bertz CT molecular complexity index is 1760. The second kappa shape index (κ2) is 9.70. The zero-order chi connectivity index (χ0) is 29.1. The van der Waals surface area contributed by atoms with E-state index in [-0.39, 0.29) is 33.4 Å². The van der Waals surface area contributed by atoms with E-state index in [4.69, 9.17) is 16.0 Å². The van der Waals surface area contributed by atoms with Crippen molar-refractivity contribution in [2.75, 3.05) is 5.32 Å². The van der Waals surface area contributed by atoms with Gasteiger partial charge in [-0.15, -0.1) is 0 Å². The third kappa shape index (κ3) is 4.78. The van der Waals surface area contributed by atoms with Crippen molar-refractivity contribution in [1.29, 1.82) is 0 Å². The Morgan fingerprint density at radius 2 is 1.80 bits per heavy atom. The molecule has 1 aliphatic rings. The van der Waals surface area contributed by atoms with Gasteiger partial charge < -0.3 is 15.1 Å². The average molecular weight is 588 g/mol. The Balaban J connectivity index is 1.73. The number of nitrogens with one attached hydrogen (secondary N) is 2. The summed E-state index contributed by atoms with van der Waals surface area (Å²) in [7, 11) is 0. The number of aromatic nitrogens is 1. The van der Waals surface area contributed by atoms with E-state index in [0.717, 1.165) is 18.2 Å². The maximum atomic E-state index is 14.1. The summed E-state index contributed by atoms with van der Waals surface area (Å²) < 4.78 is 99.7. The Labute approximate surface area is 223 Å². The minimum Gasteiger partial charge on any atom is -0.407 e. The molecular formula is C25H13ClF7N3O4. The first-order valence-corrected chi connectivity index (χ1v) is 11.6. The first kappa shape index (κ1) is 27.2. The van der Waals surface area contributed by atoms with Gasteiger partial charge in [-0.05, 0) is 42.5 Å². The molecule has 1 atom stereocenters. The maximum absolute atomic E-state index is 14.1. The number of anilines is 1. The van der Waals surface area contributed by atoms with Gasteiger partial charge in [0.15, 0.2) is 5.58 Å². The van der Waals surface area contributed by atoms with Gasteiger partial charge in [-0.2, -0.15) is 13.2 Å². The average Bonchev–Trinajstić information content (AvgIpc) is 3.36. The minimum atomic E-state index is -4.99. The van der Waals surface area contributed by atoms with E-state index >= 15 is 0 Å². The number of rotatable bonds is 5. The van der Waals surface area contributed by atoms with Crippen molar-refractivity contribution in [1.82, 2.24) is 9.88 Å². The van der Waals surface area contributed by atoms with Crippen LogP contribution < -0.4 is 16.4 Å². The number of carbonyl (C=O) groups is 2. The molecule has 0 unspecified atom stereocenters. The molecule has 7 nitrogen and oxygen atoms in total. The van der Waals surface area contributed by atoms with E-state index in [9.17, 15) is 45.1 Å². The van der Waals surface area contributed by atoms with E-state index in [2.05, 4.69) is 10.6 Å². The fourth-order valence-corrected chi connectivity index (χ4v) is 4.70. The summed E-state index contributed by atoms with van der Waals surface area (Å²) in [6.45, 7) is -1.16. The maximum Gasteiger partial charge on any atom is 0.420 e. The molecule has 0 saturated heterocycles. The summed E-state index contributed by atoms with van der Waals surface area (Å²) in [6, 6.07) is 3.97. The Kier molecular flexibility index (Phi) is 6.60. The monoisotopic (exact) mass is 587 g/mol. The molecular weight excluding hydrogens is 575 g/mol. The largest absolute Gasteiger partial charge is 0.420 e. The minimum absolute atomic E-state index is 0.0110. The molecule has 2 amide bonds. The smallest absolute Gasteiger partial charge is 0.407 e. The molecule has 0 saturated carbocycles. The van der Waals surface area contributed by atoms with Crippen molar-refractivity contribution in [3.8, 4) is 0 Å². The Hall–Kier alpha value is -4.33. The summed E-state index contributed by atoms with van der Waals surface area (Å²) in [4.78, 5) is 38.5. The first-order valence-electron chi connectivity index (χ1n) is 11.2. The highest BCUT2D eigenvalue weighted by Crippen LogP contribution is 2.43. The van der Waals surface area contributed by atoms with Crippen molar-refractivity contribution >= 4 is 40.2 Å². The van der Waals surface area contributed by atoms with E-state index in [1.54, 1.807) is 0 Å². The Morgan fingerprint density at radius 1 is 1.07 bits per heavy atom. The second-order valence-corrected chi connectivity index (χ2v) is 9.09. The number of amides is 2. The summed E-state index contributed by atoms with van der Waals surface area (Å²) in [6.07, 6.45) is -8.03. The van der Waals surface area contributed by atoms with Crippen LogP contribution in [0.25, 0.3) is 11.1 Å². The summed E-state index contributed by atoms with van der Waals surface area (Å²) in [5.74, 6) is -5.59. The molecule has 2 heterocycles. The molecule has 0 aliphatic carbocycles. The van der Waals surface area contributed by atoms with Gasteiger partial charge in [0.2, 0.25) is 0 Å². The number of carbonyl (C=O) groups excluding carboxylic acids is 2. The molecule has 0 radical (unpaired) electrons. The van der Waals surface area contributed by atoms with Crippen molar-refractivity contribution in [3.05, 3.63) is 97.5 Å². The Morgan fingerprint density at radius 3 is 2.48 bits per heavy atom. The fraction of sp³-hybridized carbons (Fsp3) is 0.160. The molecule has 2 N–H and O–H groups in total. The predicted molar refractivity (Wildman–Crippen MR) is 127 cm³/mol. The number of fused-ring (bicyclic) bond motifs is 3. The van der Waals surface area contributed by atoms with Crippen LogP contribution in [0.4, 0.5) is 36.4 Å². The zero-order valence-electron chi connectivity index (χ0n) is 19.5. The van der Waals surface area contributed by atoms with Crippen LogP contribution in [0.5, 0.6) is 0 Å². The van der Waals surface area contributed by atoms with Gasteiger partial charge in [-0.25, -0.2) is 22.4 Å². The number of oxazole rings is 1. The highest BCUT2D eigenvalue weighted by atomic mass is 35.5. The van der Waals surface area contributed by atoms with Gasteiger partial charge >= 0.3 is 11.9 Å². The number of benzene rings is 3. The van der Waals surface area contributed by atoms with E-state index < -0.39 is 76.7 Å². The summed E-state index contributed by atoms with van der Waals surface area (Å²) >= 11 is 6.21. The highest BCUT2D eigenvalue weighted by molar-refractivity contribution is 6.31. The lowest BCUT2D eigenvalue weighted by molar-refractivity contribution is -0.137. The molecule has 0 spiro atoms. The van der Waals surface area contributed by atoms with E-state index in [1.165, 1.54) is 6.07 Å². The van der Waals surface area contributed by atoms with Crippen LogP contribution in [-0.2, 0) is 12.7 Å². The lowest BCUT2D eigenvalue weighted by atomic mass is 9.95. The van der Waals surface area contributed by atoms with Gasteiger partial charge in [-0.1, -0.05) is 11.6 Å². The highest BCUT2D eigenvalue weighted by Gasteiger charge is 2.39. The number of nitrogens with zero attached hydrogens (tertiary/aromatic N) is 1. The van der Waals surface area contributed by atoms with Gasteiger partial charge in [0.25, 0.3) is 18.2 Å². The SMILES string of the molecule is O=C(Nc1cc2c(oc(=O)n2CC(F)F)c2c1[C@@H](c1cc(F)ccc1Cl)NC2=O)c1cc(F)cc(C(F)(F)F)c1. The van der Waals surface area contributed by atoms with E-state index in [1.807, 2.05) is 0 Å². The molecule has 0 bridgehead atoms. The summed E-state index contributed by atoms with van der Waals surface area (Å²) in [5.41, 5.74) is -3.91. The normalized spacial score (nSPS) is 15.0. The topological polar surface area (TPSA) is 93.3 Å². The van der Waals surface area contributed by atoms with Crippen LogP contribution in [0.2, 0.25) is 5.02 Å². The molecule has 40 heavy (non-hydrogen) atoms. The quantitative estimate of drug-likeness (QED) is 0.285. The van der Waals surface area contributed by atoms with Gasteiger partial charge in [0.05, 0.1) is 29.2 Å². The molecule has 4 aromatic rings. The number of halogens is 8. The second-order valence-electron chi connectivity index (χ2n) is 8.68. The molecule has 1 aliphatic heterocycles. The first-order chi connectivity index (χ1) is 18.7. The van der Waals surface area contributed by atoms with Crippen LogP contribution in [0, 0.1) is 11.6 Å². The molecule has 5 rings (SSSR count). The van der Waals surface area contributed by atoms with Crippen LogP contribution in [0.3, 0.4) is 0 Å². The molecule has 1 aromatic heterocycles. The molecule has 0 fully saturated rings. The van der Waals surface area contributed by atoms with Crippen LogP contribution in [0.15, 0.2) is 51.7 Å². The number of alkyl halides is 5. The predicted octanol–water partition coefficient (Wildman–Crippen LogP) is 5.90. The lowest BCUT2D eigenvalue weighted by Gasteiger charge is -2.18. The van der Waals surface area contributed by atoms with Crippen LogP contribution in [-0.4, -0.2) is 22.8 Å². The van der Waals surface area contributed by atoms with Gasteiger partial charge in [-0.3, -0.25) is 14.2 Å². The third-order valence-corrected chi connectivity index (χ3v) is 6.46. The molecule has 208 valence electrons. The van der Waals surface area contributed by atoms with Gasteiger partial charge in [0, 0.05) is 27.4 Å². The summed E-state index contributed by atoms with van der Waals surface area (Å²) in [5, 5.41) is 4.71. The lowest BCUT2D eigenvalue weighted by Crippen LogP contribution is -2.21. The number of hydrogen-bond donors (Lipinski definition) is 2. The molecule has 15 heteroatoms. The van der Waals surface area contributed by atoms with Crippen molar-refractivity contribution in [2.45, 2.75) is 25.2 Å². The van der Waals surface area contributed by atoms with Crippen LogP contribution in [0.1, 0.15) is 43.4 Å². The standard InChI is InChI=1S/C25H13ClF7N3O4/c26-14-2-1-11(27)6-13(14)20-18-15(34-22(37)9-3-10(25(31,32)33)5-12(28)4-9)7-16-21(19(18)23(38)35-20)40-24(39)36(16)8-17(29)30/h1-7,17,20H,8H2,(H,34,37)(H,35,38)/t20-/m1/s1. The third-order valence-electron chi connectivity index (χ3n) is 6.12. The molecule has 3 aromatic carbocycles. The van der Waals surface area contributed by atoms with E-state index in [0.29, 0.717) is 16.7 Å². The van der Waals surface area contributed by atoms with Crippen molar-refractivity contribution in [3.63, 3.8) is 0 Å². The van der Waals surface area contributed by atoms with Crippen LogP contribution >= 0.6 is 11.6 Å². The number of hydrogen-bond acceptors (Lipinski definition) is 4. The van der Waals surface area contributed by atoms with Gasteiger partial charge in [0.1, 0.15) is 11.6 Å².